The van der Waals surface area contributed by atoms with E-state index in [2.05, 4.69) is 16.0 Å². The van der Waals surface area contributed by atoms with E-state index < -0.39 is 0 Å². The number of furan rings is 1. The van der Waals surface area contributed by atoms with E-state index >= 15 is 0 Å². The minimum absolute atomic E-state index is 0.0703. The average molecular weight is 391 g/mol. The van der Waals surface area contributed by atoms with E-state index in [-0.39, 0.29) is 23.8 Å². The first-order chi connectivity index (χ1) is 14.1. The molecule has 2 heterocycles. The molecule has 7 heteroatoms. The molecule has 3 N–H and O–H groups in total. The van der Waals surface area contributed by atoms with Crippen molar-refractivity contribution in [3.8, 4) is 5.75 Å². The van der Waals surface area contributed by atoms with Crippen molar-refractivity contribution in [2.75, 3.05) is 17.2 Å². The van der Waals surface area contributed by atoms with Crippen LogP contribution in [-0.2, 0) is 6.42 Å². The monoisotopic (exact) mass is 391 g/mol. The van der Waals surface area contributed by atoms with Crippen LogP contribution in [0, 0.1) is 6.92 Å². The van der Waals surface area contributed by atoms with Crippen molar-refractivity contribution < 1.29 is 18.7 Å². The molecular formula is C22H21N3O4. The highest BCUT2D eigenvalue weighted by Gasteiger charge is 2.22. The van der Waals surface area contributed by atoms with Gasteiger partial charge in [0, 0.05) is 17.8 Å². The first-order valence-corrected chi connectivity index (χ1v) is 9.33. The Balaban J connectivity index is 1.28. The second kappa shape index (κ2) is 8.10. The largest absolute Gasteiger partial charge is 0.488 e. The predicted molar refractivity (Wildman–Crippen MR) is 109 cm³/mol. The van der Waals surface area contributed by atoms with Crippen molar-refractivity contribution in [3.63, 3.8) is 0 Å². The fourth-order valence-electron chi connectivity index (χ4n) is 3.22. The molecule has 1 aliphatic rings. The van der Waals surface area contributed by atoms with Crippen molar-refractivity contribution in [1.82, 2.24) is 5.32 Å². The molecule has 0 fully saturated rings. The molecule has 3 amide bonds. The number of benzene rings is 2. The minimum Gasteiger partial charge on any atom is -0.488 e. The van der Waals surface area contributed by atoms with Crippen LogP contribution >= 0.6 is 0 Å². The molecule has 1 atom stereocenters. The summed E-state index contributed by atoms with van der Waals surface area (Å²) in [4.78, 5) is 24.3. The number of carbonyl (C=O) groups is 2. The SMILES string of the molecule is Cc1cc(NC(=O)NCC2Cc3ccccc3O2)ccc1NC(=O)c1ccco1. The molecule has 7 nitrogen and oxygen atoms in total. The topological polar surface area (TPSA) is 92.6 Å². The van der Waals surface area contributed by atoms with E-state index in [9.17, 15) is 9.59 Å². The predicted octanol–water partition coefficient (Wildman–Crippen LogP) is 3.97. The number of urea groups is 1. The molecule has 0 spiro atoms. The van der Waals surface area contributed by atoms with Gasteiger partial charge in [0.05, 0.1) is 12.8 Å². The Bertz CT molecular complexity index is 1010. The number of ether oxygens (including phenoxy) is 1. The number of amides is 3. The van der Waals surface area contributed by atoms with Gasteiger partial charge < -0.3 is 25.1 Å². The van der Waals surface area contributed by atoms with Crippen LogP contribution in [-0.4, -0.2) is 24.6 Å². The van der Waals surface area contributed by atoms with E-state index in [1.165, 1.54) is 6.26 Å². The first-order valence-electron chi connectivity index (χ1n) is 9.33. The Morgan fingerprint density at radius 2 is 1.93 bits per heavy atom. The zero-order valence-corrected chi connectivity index (χ0v) is 15.9. The molecule has 0 radical (unpaired) electrons. The molecular weight excluding hydrogens is 370 g/mol. The lowest BCUT2D eigenvalue weighted by molar-refractivity contribution is 0.0996. The molecule has 1 unspecified atom stereocenters. The number of carbonyl (C=O) groups excluding carboxylic acids is 2. The maximum atomic E-state index is 12.2. The molecule has 2 aromatic carbocycles. The third kappa shape index (κ3) is 4.40. The summed E-state index contributed by atoms with van der Waals surface area (Å²) < 4.78 is 10.9. The number of anilines is 2. The summed E-state index contributed by atoms with van der Waals surface area (Å²) in [5.41, 5.74) is 3.25. The minimum atomic E-state index is -0.325. The lowest BCUT2D eigenvalue weighted by Crippen LogP contribution is -2.37. The van der Waals surface area contributed by atoms with E-state index in [1.54, 1.807) is 30.3 Å². The smallest absolute Gasteiger partial charge is 0.319 e. The van der Waals surface area contributed by atoms with Crippen LogP contribution in [0.15, 0.2) is 65.3 Å². The van der Waals surface area contributed by atoms with Crippen molar-refractivity contribution in [2.24, 2.45) is 0 Å². The maximum Gasteiger partial charge on any atom is 0.319 e. The summed E-state index contributed by atoms with van der Waals surface area (Å²) in [6.07, 6.45) is 2.15. The fourth-order valence-corrected chi connectivity index (χ4v) is 3.22. The summed E-state index contributed by atoms with van der Waals surface area (Å²) in [6.45, 7) is 2.27. The summed E-state index contributed by atoms with van der Waals surface area (Å²) in [6, 6.07) is 16.1. The molecule has 0 saturated heterocycles. The van der Waals surface area contributed by atoms with Crippen molar-refractivity contribution in [1.29, 1.82) is 0 Å². The van der Waals surface area contributed by atoms with Gasteiger partial charge in [0.2, 0.25) is 0 Å². The van der Waals surface area contributed by atoms with Gasteiger partial charge in [-0.15, -0.1) is 0 Å². The van der Waals surface area contributed by atoms with Gasteiger partial charge >= 0.3 is 6.03 Å². The molecule has 1 aliphatic heterocycles. The summed E-state index contributed by atoms with van der Waals surface area (Å²) in [5.74, 6) is 0.791. The van der Waals surface area contributed by atoms with Crippen LogP contribution in [0.25, 0.3) is 0 Å². The van der Waals surface area contributed by atoms with Crippen LogP contribution in [0.1, 0.15) is 21.7 Å². The number of hydrogen-bond donors (Lipinski definition) is 3. The van der Waals surface area contributed by atoms with Gasteiger partial charge in [0.1, 0.15) is 11.9 Å². The highest BCUT2D eigenvalue weighted by atomic mass is 16.5. The van der Waals surface area contributed by atoms with Crippen LogP contribution < -0.4 is 20.7 Å². The van der Waals surface area contributed by atoms with Crippen molar-refractivity contribution in [3.05, 3.63) is 77.7 Å². The van der Waals surface area contributed by atoms with Gasteiger partial charge in [-0.2, -0.15) is 0 Å². The van der Waals surface area contributed by atoms with Gasteiger partial charge in [-0.05, 0) is 54.4 Å². The molecule has 0 saturated carbocycles. The maximum absolute atomic E-state index is 12.2. The zero-order valence-electron chi connectivity index (χ0n) is 15.9. The standard InChI is InChI=1S/C22H21N3O4/c1-14-11-16(8-9-18(14)25-21(26)20-7-4-10-28-20)24-22(27)23-13-17-12-15-5-2-3-6-19(15)29-17/h2-11,17H,12-13H2,1H3,(H,25,26)(H2,23,24,27). The van der Waals surface area contributed by atoms with Gasteiger partial charge in [-0.3, -0.25) is 4.79 Å². The Kier molecular flexibility index (Phi) is 5.20. The summed E-state index contributed by atoms with van der Waals surface area (Å²) in [7, 11) is 0. The van der Waals surface area contributed by atoms with Crippen LogP contribution in [0.2, 0.25) is 0 Å². The third-order valence-electron chi connectivity index (χ3n) is 4.68. The van der Waals surface area contributed by atoms with Crippen LogP contribution in [0.3, 0.4) is 0 Å². The average Bonchev–Trinajstić information content (AvgIpc) is 3.38. The summed E-state index contributed by atoms with van der Waals surface area (Å²) in [5, 5.41) is 8.42. The number of para-hydroxylation sites is 1. The molecule has 29 heavy (non-hydrogen) atoms. The Morgan fingerprint density at radius 3 is 2.69 bits per heavy atom. The zero-order chi connectivity index (χ0) is 20.2. The normalized spacial score (nSPS) is 14.6. The van der Waals surface area contributed by atoms with Crippen molar-refractivity contribution >= 4 is 23.3 Å². The number of nitrogens with one attached hydrogen (secondary N) is 3. The lowest BCUT2D eigenvalue weighted by Gasteiger charge is -2.14. The lowest BCUT2D eigenvalue weighted by atomic mass is 10.1. The van der Waals surface area contributed by atoms with Gasteiger partial charge in [-0.25, -0.2) is 4.79 Å². The van der Waals surface area contributed by atoms with Crippen LogP contribution in [0.4, 0.5) is 16.2 Å². The highest BCUT2D eigenvalue weighted by molar-refractivity contribution is 6.02. The number of fused-ring (bicyclic) bond motifs is 1. The van der Waals surface area contributed by atoms with Gasteiger partial charge in [0.25, 0.3) is 5.91 Å². The molecule has 3 aromatic rings. The highest BCUT2D eigenvalue weighted by Crippen LogP contribution is 2.27. The second-order valence-corrected chi connectivity index (χ2v) is 6.85. The van der Waals surface area contributed by atoms with Gasteiger partial charge in [-0.1, -0.05) is 18.2 Å². The van der Waals surface area contributed by atoms with E-state index in [4.69, 9.17) is 9.15 Å². The Hall–Kier alpha value is -3.74. The Morgan fingerprint density at radius 1 is 1.07 bits per heavy atom. The molecule has 0 bridgehead atoms. The molecule has 148 valence electrons. The van der Waals surface area contributed by atoms with Crippen LogP contribution in [0.5, 0.6) is 5.75 Å². The first kappa shape index (κ1) is 18.6. The number of aryl methyl sites for hydroxylation is 1. The fraction of sp³-hybridized carbons (Fsp3) is 0.182. The Labute approximate surface area is 168 Å². The number of rotatable bonds is 5. The van der Waals surface area contributed by atoms with E-state index in [0.29, 0.717) is 17.9 Å². The van der Waals surface area contributed by atoms with Gasteiger partial charge in [0.15, 0.2) is 5.76 Å². The van der Waals surface area contributed by atoms with Crippen molar-refractivity contribution in [2.45, 2.75) is 19.4 Å². The number of hydrogen-bond acceptors (Lipinski definition) is 4. The second-order valence-electron chi connectivity index (χ2n) is 6.85. The van der Waals surface area contributed by atoms with E-state index in [1.807, 2.05) is 31.2 Å². The molecule has 0 aliphatic carbocycles. The summed E-state index contributed by atoms with van der Waals surface area (Å²) >= 11 is 0. The third-order valence-corrected chi connectivity index (χ3v) is 4.68. The quantitative estimate of drug-likeness (QED) is 0.614. The molecule has 4 rings (SSSR count). The molecule has 1 aromatic heterocycles. The van der Waals surface area contributed by atoms with E-state index in [0.717, 1.165) is 23.3 Å².